The molecule has 3 saturated heterocycles. The number of rotatable bonds is 3. The van der Waals surface area contributed by atoms with E-state index in [-0.39, 0.29) is 24.5 Å². The molecular weight excluding hydrogens is 394 g/mol. The van der Waals surface area contributed by atoms with Gasteiger partial charge in [0, 0.05) is 31.2 Å². The summed E-state index contributed by atoms with van der Waals surface area (Å²) in [5.41, 5.74) is 2.97. The molecule has 31 heavy (non-hydrogen) atoms. The van der Waals surface area contributed by atoms with Gasteiger partial charge in [0.2, 0.25) is 0 Å². The molecule has 168 valence electrons. The highest BCUT2D eigenvalue weighted by Crippen LogP contribution is 2.35. The molecule has 0 aliphatic carbocycles. The second-order valence-corrected chi connectivity index (χ2v) is 9.92. The predicted molar refractivity (Wildman–Crippen MR) is 118 cm³/mol. The van der Waals surface area contributed by atoms with Gasteiger partial charge in [0.1, 0.15) is 18.5 Å². The van der Waals surface area contributed by atoms with Crippen molar-refractivity contribution in [2.24, 2.45) is 5.41 Å². The number of nitrogens with one attached hydrogen (secondary N) is 1. The SMILES string of the molecule is Cc1cccc(N2CCCN3C4C(=O)N(CC(=O)C(C)(C)C)C(=O)N(C)C4NC23)c1C. The van der Waals surface area contributed by atoms with Crippen molar-refractivity contribution in [3.63, 3.8) is 0 Å². The fourth-order valence-corrected chi connectivity index (χ4v) is 4.74. The maximum Gasteiger partial charge on any atom is 0.328 e. The Labute approximate surface area is 184 Å². The van der Waals surface area contributed by atoms with E-state index in [4.69, 9.17) is 0 Å². The van der Waals surface area contributed by atoms with Crippen molar-refractivity contribution >= 4 is 23.4 Å². The van der Waals surface area contributed by atoms with Crippen LogP contribution in [-0.2, 0) is 9.59 Å². The Morgan fingerprint density at radius 3 is 2.55 bits per heavy atom. The number of carbonyl (C=O) groups is 3. The number of urea groups is 1. The minimum Gasteiger partial charge on any atom is -0.343 e. The van der Waals surface area contributed by atoms with Gasteiger partial charge in [-0.05, 0) is 37.5 Å². The number of benzene rings is 1. The Kier molecular flexibility index (Phi) is 5.34. The van der Waals surface area contributed by atoms with Crippen LogP contribution < -0.4 is 10.2 Å². The van der Waals surface area contributed by atoms with E-state index >= 15 is 0 Å². The molecule has 3 unspecified atom stereocenters. The highest BCUT2D eigenvalue weighted by Gasteiger charge is 2.56. The van der Waals surface area contributed by atoms with E-state index in [0.29, 0.717) is 0 Å². The van der Waals surface area contributed by atoms with Gasteiger partial charge < -0.3 is 9.80 Å². The summed E-state index contributed by atoms with van der Waals surface area (Å²) in [5, 5.41) is 3.53. The van der Waals surface area contributed by atoms with E-state index in [1.54, 1.807) is 32.7 Å². The van der Waals surface area contributed by atoms with Crippen LogP contribution in [-0.4, -0.2) is 77.6 Å². The lowest BCUT2D eigenvalue weighted by atomic mass is 9.90. The summed E-state index contributed by atoms with van der Waals surface area (Å²) in [5.74, 6) is -0.414. The van der Waals surface area contributed by atoms with Crippen molar-refractivity contribution in [1.82, 2.24) is 20.0 Å². The smallest absolute Gasteiger partial charge is 0.328 e. The van der Waals surface area contributed by atoms with Gasteiger partial charge in [-0.1, -0.05) is 32.9 Å². The number of hydrogen-bond donors (Lipinski definition) is 1. The molecule has 1 aromatic carbocycles. The molecular formula is C23H33N5O3. The van der Waals surface area contributed by atoms with Gasteiger partial charge in [0.15, 0.2) is 5.78 Å². The van der Waals surface area contributed by atoms with E-state index in [0.717, 1.165) is 30.1 Å². The molecule has 3 fully saturated rings. The number of carbonyl (C=O) groups excluding carboxylic acids is 3. The molecule has 8 nitrogen and oxygen atoms in total. The summed E-state index contributed by atoms with van der Waals surface area (Å²) in [6, 6.07) is 5.34. The quantitative estimate of drug-likeness (QED) is 0.794. The maximum atomic E-state index is 13.5. The predicted octanol–water partition coefficient (Wildman–Crippen LogP) is 1.91. The Morgan fingerprint density at radius 1 is 1.16 bits per heavy atom. The first kappa shape index (κ1) is 21.8. The number of likely N-dealkylation sites (N-methyl/N-ethyl adjacent to an activating group) is 1. The van der Waals surface area contributed by atoms with Crippen LogP contribution in [0, 0.1) is 19.3 Å². The third kappa shape index (κ3) is 3.51. The van der Waals surface area contributed by atoms with Crippen molar-refractivity contribution < 1.29 is 14.4 Å². The lowest BCUT2D eigenvalue weighted by molar-refractivity contribution is -0.143. The average molecular weight is 428 g/mol. The zero-order valence-electron chi connectivity index (χ0n) is 19.3. The van der Waals surface area contributed by atoms with Crippen molar-refractivity contribution in [3.8, 4) is 0 Å². The minimum atomic E-state index is -0.614. The highest BCUT2D eigenvalue weighted by molar-refractivity contribution is 6.04. The van der Waals surface area contributed by atoms with Gasteiger partial charge in [0.05, 0.1) is 6.54 Å². The third-order valence-electron chi connectivity index (χ3n) is 6.89. The van der Waals surface area contributed by atoms with E-state index in [9.17, 15) is 14.4 Å². The molecule has 4 rings (SSSR count). The number of nitrogens with zero attached hydrogens (tertiary/aromatic N) is 4. The second-order valence-electron chi connectivity index (χ2n) is 9.92. The molecule has 1 aromatic rings. The molecule has 1 N–H and O–H groups in total. The van der Waals surface area contributed by atoms with Crippen LogP contribution in [0.1, 0.15) is 38.3 Å². The second kappa shape index (κ2) is 7.60. The number of ketones is 1. The monoisotopic (exact) mass is 427 g/mol. The summed E-state index contributed by atoms with van der Waals surface area (Å²) in [4.78, 5) is 46.2. The number of fused-ring (bicyclic) bond motifs is 3. The first-order valence-electron chi connectivity index (χ1n) is 11.0. The van der Waals surface area contributed by atoms with Crippen molar-refractivity contribution in [1.29, 1.82) is 0 Å². The molecule has 3 atom stereocenters. The van der Waals surface area contributed by atoms with Crippen LogP contribution in [0.2, 0.25) is 0 Å². The van der Waals surface area contributed by atoms with E-state index in [1.165, 1.54) is 11.1 Å². The van der Waals surface area contributed by atoms with Crippen molar-refractivity contribution in [2.45, 2.75) is 59.5 Å². The van der Waals surface area contributed by atoms with Crippen LogP contribution in [0.3, 0.4) is 0 Å². The highest BCUT2D eigenvalue weighted by atomic mass is 16.2. The number of aryl methyl sites for hydroxylation is 1. The van der Waals surface area contributed by atoms with Gasteiger partial charge in [-0.25, -0.2) is 4.79 Å². The minimum absolute atomic E-state index is 0.126. The fourth-order valence-electron chi connectivity index (χ4n) is 4.74. The molecule has 3 aliphatic rings. The van der Waals surface area contributed by atoms with Gasteiger partial charge in [-0.2, -0.15) is 0 Å². The first-order valence-corrected chi connectivity index (χ1v) is 11.0. The Morgan fingerprint density at radius 2 is 1.87 bits per heavy atom. The summed E-state index contributed by atoms with van der Waals surface area (Å²) >= 11 is 0. The van der Waals surface area contributed by atoms with Gasteiger partial charge in [-0.3, -0.25) is 24.7 Å². The molecule has 3 aliphatic heterocycles. The molecule has 0 aromatic heterocycles. The molecule has 3 heterocycles. The molecule has 3 amide bonds. The first-order chi connectivity index (χ1) is 14.5. The summed E-state index contributed by atoms with van der Waals surface area (Å²) in [7, 11) is 1.70. The Bertz CT molecular complexity index is 924. The van der Waals surface area contributed by atoms with Gasteiger partial charge >= 0.3 is 6.03 Å². The largest absolute Gasteiger partial charge is 0.343 e. The van der Waals surface area contributed by atoms with Gasteiger partial charge in [0.25, 0.3) is 5.91 Å². The van der Waals surface area contributed by atoms with Gasteiger partial charge in [-0.15, -0.1) is 0 Å². The van der Waals surface area contributed by atoms with E-state index in [2.05, 4.69) is 47.2 Å². The molecule has 8 heteroatoms. The summed E-state index contributed by atoms with van der Waals surface area (Å²) in [6.45, 7) is 11.1. The normalized spacial score (nSPS) is 26.9. The number of Topliss-reactive ketones (excluding diaryl/α,β-unsaturated/α-hetero) is 1. The maximum absolute atomic E-state index is 13.5. The average Bonchev–Trinajstić information content (AvgIpc) is 3.11. The lowest BCUT2D eigenvalue weighted by Crippen LogP contribution is -2.67. The molecule has 0 radical (unpaired) electrons. The number of imide groups is 1. The zero-order chi connectivity index (χ0) is 22.7. The standard InChI is InChI=1S/C23H33N5O3/c1-14-9-7-10-16(15(14)2)26-11-8-12-27-18-19(24-21(26)27)25(6)22(31)28(20(18)30)13-17(29)23(3,4)5/h7,9-10,18-19,21,24H,8,11-13H2,1-6H3. The van der Waals surface area contributed by atoms with Crippen LogP contribution in [0.5, 0.6) is 0 Å². The van der Waals surface area contributed by atoms with Crippen LogP contribution in [0.25, 0.3) is 0 Å². The fraction of sp³-hybridized carbons (Fsp3) is 0.609. The topological polar surface area (TPSA) is 76.2 Å². The van der Waals surface area contributed by atoms with E-state index in [1.807, 2.05) is 0 Å². The summed E-state index contributed by atoms with van der Waals surface area (Å²) in [6.07, 6.45) is 0.319. The Hall–Kier alpha value is -2.45. The van der Waals surface area contributed by atoms with Crippen LogP contribution >= 0.6 is 0 Å². The summed E-state index contributed by atoms with van der Waals surface area (Å²) < 4.78 is 0. The molecule has 0 spiro atoms. The molecule has 0 bridgehead atoms. The third-order valence-corrected chi connectivity index (χ3v) is 6.89. The Balaban J connectivity index is 1.64. The molecule has 0 saturated carbocycles. The number of anilines is 1. The van der Waals surface area contributed by atoms with Crippen molar-refractivity contribution in [2.75, 3.05) is 31.6 Å². The number of hydrogen-bond acceptors (Lipinski definition) is 6. The number of amides is 3. The van der Waals surface area contributed by atoms with Crippen molar-refractivity contribution in [3.05, 3.63) is 29.3 Å². The van der Waals surface area contributed by atoms with E-state index < -0.39 is 23.7 Å². The van der Waals surface area contributed by atoms with Crippen LogP contribution in [0.4, 0.5) is 10.5 Å². The zero-order valence-corrected chi connectivity index (χ0v) is 19.3. The lowest BCUT2D eigenvalue weighted by Gasteiger charge is -2.44. The van der Waals surface area contributed by atoms with Crippen LogP contribution in [0.15, 0.2) is 18.2 Å².